The molecule has 2 saturated heterocycles. The van der Waals surface area contributed by atoms with E-state index >= 15 is 0 Å². The minimum atomic E-state index is -0.326. The summed E-state index contributed by atoms with van der Waals surface area (Å²) in [5.74, 6) is 1.89. The fourth-order valence-electron chi connectivity index (χ4n) is 4.38. The quantitative estimate of drug-likeness (QED) is 0.587. The summed E-state index contributed by atoms with van der Waals surface area (Å²) < 4.78 is 1.71. The summed E-state index contributed by atoms with van der Waals surface area (Å²) >= 11 is 5.95. The maximum absolute atomic E-state index is 13.2. The van der Waals surface area contributed by atoms with Gasteiger partial charge in [-0.3, -0.25) is 9.59 Å². The number of aromatic nitrogens is 4. The second-order valence-corrected chi connectivity index (χ2v) is 8.71. The van der Waals surface area contributed by atoms with Gasteiger partial charge in [0.2, 0.25) is 11.8 Å². The van der Waals surface area contributed by atoms with Crippen molar-refractivity contribution < 1.29 is 9.59 Å². The first kappa shape index (κ1) is 21.4. The standard InChI is InChI=1S/C23H24ClN7O2/c1-16-26-20(14-21(27-16)31-8-2-7-25-31)28-9-11-29(12-10-28)23(33)17-13-22(32)30(15-17)19-5-3-18(24)4-6-19/h2-8,14,17H,9-13,15H2,1H3. The van der Waals surface area contributed by atoms with E-state index in [-0.39, 0.29) is 24.2 Å². The number of carbonyl (C=O) groups is 2. The van der Waals surface area contributed by atoms with Crippen molar-refractivity contribution in [3.05, 3.63) is 59.6 Å². The highest BCUT2D eigenvalue weighted by Gasteiger charge is 2.38. The highest BCUT2D eigenvalue weighted by molar-refractivity contribution is 6.30. The lowest BCUT2D eigenvalue weighted by Crippen LogP contribution is -2.51. The second-order valence-electron chi connectivity index (χ2n) is 8.28. The molecule has 2 aliphatic rings. The number of halogens is 1. The van der Waals surface area contributed by atoms with Crippen LogP contribution in [0.2, 0.25) is 5.02 Å². The summed E-state index contributed by atoms with van der Waals surface area (Å²) in [7, 11) is 0. The molecule has 0 spiro atoms. The Morgan fingerprint density at radius 2 is 1.79 bits per heavy atom. The highest BCUT2D eigenvalue weighted by atomic mass is 35.5. The number of nitrogens with zero attached hydrogens (tertiary/aromatic N) is 7. The first-order valence-electron chi connectivity index (χ1n) is 10.9. The van der Waals surface area contributed by atoms with Crippen molar-refractivity contribution in [1.82, 2.24) is 24.6 Å². The van der Waals surface area contributed by atoms with Crippen molar-refractivity contribution in [3.8, 4) is 5.82 Å². The average Bonchev–Trinajstić information content (AvgIpc) is 3.49. The Labute approximate surface area is 196 Å². The molecular weight excluding hydrogens is 442 g/mol. The number of rotatable bonds is 4. The van der Waals surface area contributed by atoms with Crippen molar-refractivity contribution in [2.45, 2.75) is 13.3 Å². The van der Waals surface area contributed by atoms with Crippen molar-refractivity contribution in [2.75, 3.05) is 42.5 Å². The van der Waals surface area contributed by atoms with E-state index in [4.69, 9.17) is 11.6 Å². The van der Waals surface area contributed by atoms with Crippen LogP contribution in [-0.4, -0.2) is 69.2 Å². The van der Waals surface area contributed by atoms with Gasteiger partial charge < -0.3 is 14.7 Å². The summed E-state index contributed by atoms with van der Waals surface area (Å²) in [6.45, 7) is 4.78. The zero-order valence-corrected chi connectivity index (χ0v) is 19.0. The Morgan fingerprint density at radius 1 is 1.06 bits per heavy atom. The molecule has 9 nitrogen and oxygen atoms in total. The van der Waals surface area contributed by atoms with Gasteiger partial charge >= 0.3 is 0 Å². The van der Waals surface area contributed by atoms with Gasteiger partial charge in [-0.05, 0) is 37.3 Å². The molecule has 3 aromatic rings. The van der Waals surface area contributed by atoms with Gasteiger partial charge in [0.1, 0.15) is 11.6 Å². The molecule has 2 aromatic heterocycles. The molecule has 33 heavy (non-hydrogen) atoms. The zero-order chi connectivity index (χ0) is 22.9. The number of carbonyl (C=O) groups excluding carboxylic acids is 2. The molecule has 0 saturated carbocycles. The van der Waals surface area contributed by atoms with Crippen molar-refractivity contribution >= 4 is 34.9 Å². The van der Waals surface area contributed by atoms with Gasteiger partial charge in [0.05, 0.1) is 5.92 Å². The largest absolute Gasteiger partial charge is 0.353 e. The molecule has 1 aromatic carbocycles. The first-order valence-corrected chi connectivity index (χ1v) is 11.3. The van der Waals surface area contributed by atoms with Crippen molar-refractivity contribution in [1.29, 1.82) is 0 Å². The smallest absolute Gasteiger partial charge is 0.228 e. The number of hydrogen-bond donors (Lipinski definition) is 0. The van der Waals surface area contributed by atoms with Crippen LogP contribution in [0, 0.1) is 12.8 Å². The predicted octanol–water partition coefficient (Wildman–Crippen LogP) is 2.33. The van der Waals surface area contributed by atoms with Gasteiger partial charge in [0.15, 0.2) is 5.82 Å². The topological polar surface area (TPSA) is 87.5 Å². The Balaban J connectivity index is 1.22. The molecule has 0 N–H and O–H groups in total. The molecule has 2 fully saturated rings. The Hall–Kier alpha value is -3.46. The number of piperazine rings is 1. The molecule has 0 bridgehead atoms. The Morgan fingerprint density at radius 3 is 2.48 bits per heavy atom. The van der Waals surface area contributed by atoms with Gasteiger partial charge in [-0.1, -0.05) is 11.6 Å². The molecule has 1 atom stereocenters. The van der Waals surface area contributed by atoms with Gasteiger partial charge in [-0.25, -0.2) is 14.6 Å². The Bertz CT molecular complexity index is 1160. The van der Waals surface area contributed by atoms with Gasteiger partial charge in [0.25, 0.3) is 0 Å². The molecule has 4 heterocycles. The van der Waals surface area contributed by atoms with E-state index < -0.39 is 0 Å². The number of aryl methyl sites for hydroxylation is 1. The number of hydrogen-bond acceptors (Lipinski definition) is 6. The molecular formula is C23H24ClN7O2. The molecule has 2 amide bonds. The van der Waals surface area contributed by atoms with E-state index in [0.717, 1.165) is 11.5 Å². The summed E-state index contributed by atoms with van der Waals surface area (Å²) in [6, 6.07) is 10.9. The molecule has 0 aliphatic carbocycles. The summed E-state index contributed by atoms with van der Waals surface area (Å²) in [5, 5.41) is 4.87. The second kappa shape index (κ2) is 8.82. The van der Waals surface area contributed by atoms with Crippen molar-refractivity contribution in [2.24, 2.45) is 5.92 Å². The van der Waals surface area contributed by atoms with Gasteiger partial charge in [0, 0.05) is 68.3 Å². The van der Waals surface area contributed by atoms with Crippen LogP contribution < -0.4 is 9.80 Å². The monoisotopic (exact) mass is 465 g/mol. The fourth-order valence-corrected chi connectivity index (χ4v) is 4.50. The van der Waals surface area contributed by atoms with E-state index in [1.807, 2.05) is 42.3 Å². The minimum absolute atomic E-state index is 0.0306. The molecule has 5 rings (SSSR count). The molecule has 10 heteroatoms. The van der Waals surface area contributed by atoms with Crippen LogP contribution in [-0.2, 0) is 9.59 Å². The molecule has 2 aliphatic heterocycles. The van der Waals surface area contributed by atoms with Crippen LogP contribution in [0.3, 0.4) is 0 Å². The molecule has 170 valence electrons. The third kappa shape index (κ3) is 4.41. The number of anilines is 2. The van der Waals surface area contributed by atoms with E-state index in [1.54, 1.807) is 27.9 Å². The van der Waals surface area contributed by atoms with Gasteiger partial charge in [-0.2, -0.15) is 5.10 Å². The van der Waals surface area contributed by atoms with Crippen LogP contribution in [0.15, 0.2) is 48.8 Å². The normalized spacial score (nSPS) is 18.8. The van der Waals surface area contributed by atoms with Crippen LogP contribution in [0.25, 0.3) is 5.82 Å². The van der Waals surface area contributed by atoms with E-state index in [1.165, 1.54) is 0 Å². The van der Waals surface area contributed by atoms with E-state index in [2.05, 4.69) is 20.0 Å². The van der Waals surface area contributed by atoms with Crippen LogP contribution in [0.4, 0.5) is 11.5 Å². The SMILES string of the molecule is Cc1nc(N2CCN(C(=O)C3CC(=O)N(c4ccc(Cl)cc4)C3)CC2)cc(-n2cccn2)n1. The minimum Gasteiger partial charge on any atom is -0.353 e. The maximum Gasteiger partial charge on any atom is 0.228 e. The zero-order valence-electron chi connectivity index (χ0n) is 18.3. The molecule has 0 radical (unpaired) electrons. The van der Waals surface area contributed by atoms with Crippen LogP contribution in [0.1, 0.15) is 12.2 Å². The van der Waals surface area contributed by atoms with Crippen LogP contribution >= 0.6 is 11.6 Å². The third-order valence-corrected chi connectivity index (χ3v) is 6.33. The molecule has 1 unspecified atom stereocenters. The van der Waals surface area contributed by atoms with E-state index in [9.17, 15) is 9.59 Å². The maximum atomic E-state index is 13.2. The highest BCUT2D eigenvalue weighted by Crippen LogP contribution is 2.28. The van der Waals surface area contributed by atoms with Gasteiger partial charge in [-0.15, -0.1) is 0 Å². The lowest BCUT2D eigenvalue weighted by atomic mass is 10.1. The van der Waals surface area contributed by atoms with Crippen LogP contribution in [0.5, 0.6) is 0 Å². The average molecular weight is 466 g/mol. The fraction of sp³-hybridized carbons (Fsp3) is 0.348. The van der Waals surface area contributed by atoms with E-state index in [0.29, 0.717) is 49.4 Å². The lowest BCUT2D eigenvalue weighted by molar-refractivity contribution is -0.136. The summed E-state index contributed by atoms with van der Waals surface area (Å²) in [5.41, 5.74) is 0.775. The summed E-state index contributed by atoms with van der Waals surface area (Å²) in [6.07, 6.45) is 3.79. The summed E-state index contributed by atoms with van der Waals surface area (Å²) in [4.78, 5) is 40.4. The third-order valence-electron chi connectivity index (χ3n) is 6.08. The Kier molecular flexibility index (Phi) is 5.72. The number of benzene rings is 1. The number of amides is 2. The van der Waals surface area contributed by atoms with Crippen molar-refractivity contribution in [3.63, 3.8) is 0 Å². The first-order chi connectivity index (χ1) is 16.0. The predicted molar refractivity (Wildman–Crippen MR) is 125 cm³/mol. The lowest BCUT2D eigenvalue weighted by Gasteiger charge is -2.36.